The van der Waals surface area contributed by atoms with Crippen LogP contribution in [0.1, 0.15) is 65.7 Å². The maximum absolute atomic E-state index is 11.5. The predicted octanol–water partition coefficient (Wildman–Crippen LogP) is 3.15. The summed E-state index contributed by atoms with van der Waals surface area (Å²) < 4.78 is 0. The van der Waals surface area contributed by atoms with Crippen LogP contribution in [0, 0.1) is 5.92 Å². The van der Waals surface area contributed by atoms with Gasteiger partial charge in [0, 0.05) is 6.54 Å². The van der Waals surface area contributed by atoms with E-state index in [1.54, 1.807) is 0 Å². The molecule has 0 aliphatic rings. The van der Waals surface area contributed by atoms with Gasteiger partial charge in [-0.2, -0.15) is 0 Å². The molecule has 0 aliphatic heterocycles. The van der Waals surface area contributed by atoms with Crippen molar-refractivity contribution in [3.63, 3.8) is 0 Å². The van der Waals surface area contributed by atoms with E-state index < -0.39 is 12.0 Å². The molecule has 0 heterocycles. The summed E-state index contributed by atoms with van der Waals surface area (Å²) in [4.78, 5) is 22.4. The van der Waals surface area contributed by atoms with Crippen molar-refractivity contribution in [1.82, 2.24) is 10.6 Å². The maximum atomic E-state index is 11.5. The largest absolute Gasteiger partial charge is 0.480 e. The minimum atomic E-state index is -0.976. The van der Waals surface area contributed by atoms with Gasteiger partial charge in [0.2, 0.25) is 0 Å². The lowest BCUT2D eigenvalue weighted by molar-refractivity contribution is -0.139. The van der Waals surface area contributed by atoms with Gasteiger partial charge in [-0.1, -0.05) is 52.9 Å². The van der Waals surface area contributed by atoms with E-state index in [2.05, 4.69) is 24.5 Å². The SMILES string of the molecule is CCC[C@H](NC(=O)NCCCCCCC(C)C)C(=O)O. The molecule has 0 unspecified atom stereocenters. The molecule has 5 heteroatoms. The van der Waals surface area contributed by atoms with Crippen molar-refractivity contribution in [3.05, 3.63) is 0 Å². The first kappa shape index (κ1) is 18.7. The Morgan fingerprint density at radius 2 is 1.70 bits per heavy atom. The van der Waals surface area contributed by atoms with E-state index in [0.717, 1.165) is 25.2 Å². The molecule has 0 aliphatic carbocycles. The van der Waals surface area contributed by atoms with Gasteiger partial charge >= 0.3 is 12.0 Å². The highest BCUT2D eigenvalue weighted by Crippen LogP contribution is 2.08. The summed E-state index contributed by atoms with van der Waals surface area (Å²) in [5.41, 5.74) is 0. The van der Waals surface area contributed by atoms with Crippen LogP contribution in [0.4, 0.5) is 4.79 Å². The Balaban J connectivity index is 3.60. The van der Waals surface area contributed by atoms with Crippen LogP contribution in [0.5, 0.6) is 0 Å². The zero-order valence-corrected chi connectivity index (χ0v) is 13.1. The number of carboxylic acids is 1. The highest BCUT2D eigenvalue weighted by atomic mass is 16.4. The fourth-order valence-corrected chi connectivity index (χ4v) is 1.99. The molecule has 0 saturated carbocycles. The van der Waals surface area contributed by atoms with Crippen molar-refractivity contribution >= 4 is 12.0 Å². The summed E-state index contributed by atoms with van der Waals surface area (Å²) in [7, 11) is 0. The molecule has 20 heavy (non-hydrogen) atoms. The second-order valence-electron chi connectivity index (χ2n) is 5.68. The van der Waals surface area contributed by atoms with E-state index in [1.807, 2.05) is 6.92 Å². The quantitative estimate of drug-likeness (QED) is 0.510. The van der Waals surface area contributed by atoms with Gasteiger partial charge in [0.15, 0.2) is 0 Å². The van der Waals surface area contributed by atoms with Crippen LogP contribution in [0.25, 0.3) is 0 Å². The monoisotopic (exact) mass is 286 g/mol. The van der Waals surface area contributed by atoms with Crippen LogP contribution in [0.2, 0.25) is 0 Å². The summed E-state index contributed by atoms with van der Waals surface area (Å²) in [5.74, 6) is -0.221. The first-order chi connectivity index (χ1) is 9.47. The summed E-state index contributed by atoms with van der Waals surface area (Å²) >= 11 is 0. The molecule has 2 amide bonds. The molecular weight excluding hydrogens is 256 g/mol. The summed E-state index contributed by atoms with van der Waals surface area (Å²) in [6.45, 7) is 6.95. The van der Waals surface area contributed by atoms with Gasteiger partial charge in [-0.05, 0) is 18.8 Å². The van der Waals surface area contributed by atoms with Crippen LogP contribution >= 0.6 is 0 Å². The Labute approximate surface area is 122 Å². The van der Waals surface area contributed by atoms with E-state index in [9.17, 15) is 9.59 Å². The molecule has 5 nitrogen and oxygen atoms in total. The Hall–Kier alpha value is -1.26. The lowest BCUT2D eigenvalue weighted by Crippen LogP contribution is -2.46. The minimum Gasteiger partial charge on any atom is -0.480 e. The number of urea groups is 1. The number of unbranched alkanes of at least 4 members (excludes halogenated alkanes) is 3. The van der Waals surface area contributed by atoms with Gasteiger partial charge in [0.25, 0.3) is 0 Å². The molecular formula is C15H30N2O3. The predicted molar refractivity (Wildman–Crippen MR) is 80.8 cm³/mol. The van der Waals surface area contributed by atoms with Crippen LogP contribution in [0.3, 0.4) is 0 Å². The summed E-state index contributed by atoms with van der Waals surface area (Å²) in [6.07, 6.45) is 6.91. The normalized spacial score (nSPS) is 12.2. The molecule has 0 rings (SSSR count). The van der Waals surface area contributed by atoms with Crippen LogP contribution in [-0.4, -0.2) is 29.7 Å². The Kier molecular flexibility index (Phi) is 10.8. The summed E-state index contributed by atoms with van der Waals surface area (Å²) in [6, 6.07) is -1.17. The third kappa shape index (κ3) is 10.6. The zero-order valence-electron chi connectivity index (χ0n) is 13.1. The molecule has 0 saturated heterocycles. The number of hydrogen-bond donors (Lipinski definition) is 3. The van der Waals surface area contributed by atoms with Crippen LogP contribution in [-0.2, 0) is 4.79 Å². The van der Waals surface area contributed by atoms with Gasteiger partial charge in [-0.3, -0.25) is 0 Å². The highest BCUT2D eigenvalue weighted by molar-refractivity contribution is 5.82. The Morgan fingerprint density at radius 1 is 1.05 bits per heavy atom. The van der Waals surface area contributed by atoms with Crippen LogP contribution < -0.4 is 10.6 Å². The Morgan fingerprint density at radius 3 is 2.25 bits per heavy atom. The van der Waals surface area contributed by atoms with Crippen molar-refractivity contribution < 1.29 is 14.7 Å². The molecule has 1 atom stereocenters. The number of carboxylic acid groups (broad SMARTS) is 1. The van der Waals surface area contributed by atoms with Crippen LogP contribution in [0.15, 0.2) is 0 Å². The van der Waals surface area contributed by atoms with Crippen molar-refractivity contribution in [3.8, 4) is 0 Å². The Bertz CT molecular complexity index is 280. The average molecular weight is 286 g/mol. The topological polar surface area (TPSA) is 78.4 Å². The van der Waals surface area contributed by atoms with Crippen molar-refractivity contribution in [2.75, 3.05) is 6.54 Å². The molecule has 0 aromatic carbocycles. The summed E-state index contributed by atoms with van der Waals surface area (Å²) in [5, 5.41) is 14.1. The molecule has 0 radical (unpaired) electrons. The van der Waals surface area contributed by atoms with Crippen molar-refractivity contribution in [2.45, 2.75) is 71.8 Å². The molecule has 0 spiro atoms. The number of rotatable bonds is 11. The highest BCUT2D eigenvalue weighted by Gasteiger charge is 2.18. The number of carbonyl (C=O) groups is 2. The molecule has 118 valence electrons. The molecule has 0 bridgehead atoms. The van der Waals surface area contributed by atoms with Gasteiger partial charge in [-0.25, -0.2) is 9.59 Å². The fraction of sp³-hybridized carbons (Fsp3) is 0.867. The lowest BCUT2D eigenvalue weighted by atomic mass is 10.0. The van der Waals surface area contributed by atoms with E-state index in [4.69, 9.17) is 5.11 Å². The number of nitrogens with one attached hydrogen (secondary N) is 2. The first-order valence-corrected chi connectivity index (χ1v) is 7.74. The van der Waals surface area contributed by atoms with Crippen molar-refractivity contribution in [1.29, 1.82) is 0 Å². The minimum absolute atomic E-state index is 0.381. The molecule has 3 N–H and O–H groups in total. The van der Waals surface area contributed by atoms with E-state index >= 15 is 0 Å². The fourth-order valence-electron chi connectivity index (χ4n) is 1.99. The van der Waals surface area contributed by atoms with E-state index in [-0.39, 0.29) is 6.03 Å². The zero-order chi connectivity index (χ0) is 15.4. The van der Waals surface area contributed by atoms with Gasteiger partial charge in [0.05, 0.1) is 0 Å². The van der Waals surface area contributed by atoms with Gasteiger partial charge < -0.3 is 15.7 Å². The average Bonchev–Trinajstić information content (AvgIpc) is 2.36. The molecule has 0 aromatic rings. The number of amides is 2. The van der Waals surface area contributed by atoms with E-state index in [0.29, 0.717) is 13.0 Å². The van der Waals surface area contributed by atoms with Crippen molar-refractivity contribution in [2.24, 2.45) is 5.92 Å². The standard InChI is InChI=1S/C15H30N2O3/c1-4-9-13(14(18)19)17-15(20)16-11-8-6-5-7-10-12(2)3/h12-13H,4-11H2,1-3H3,(H,18,19)(H2,16,17,20)/t13-/m0/s1. The lowest BCUT2D eigenvalue weighted by Gasteiger charge is -2.14. The molecule has 0 aromatic heterocycles. The number of aliphatic carboxylic acids is 1. The first-order valence-electron chi connectivity index (χ1n) is 7.74. The second kappa shape index (κ2) is 11.6. The van der Waals surface area contributed by atoms with Gasteiger partial charge in [0.1, 0.15) is 6.04 Å². The number of hydrogen-bond acceptors (Lipinski definition) is 2. The second-order valence-corrected chi connectivity index (χ2v) is 5.68. The third-order valence-electron chi connectivity index (χ3n) is 3.17. The number of carbonyl (C=O) groups excluding carboxylic acids is 1. The smallest absolute Gasteiger partial charge is 0.326 e. The van der Waals surface area contributed by atoms with Gasteiger partial charge in [-0.15, -0.1) is 0 Å². The maximum Gasteiger partial charge on any atom is 0.326 e. The third-order valence-corrected chi connectivity index (χ3v) is 3.17. The van der Waals surface area contributed by atoms with E-state index in [1.165, 1.54) is 19.3 Å². The molecule has 0 fully saturated rings.